The molecule has 1 aliphatic rings. The second-order valence-corrected chi connectivity index (χ2v) is 6.13. The number of hydrogen-bond donors (Lipinski definition) is 0. The summed E-state index contributed by atoms with van der Waals surface area (Å²) < 4.78 is 1.71. The maximum absolute atomic E-state index is 12.7. The van der Waals surface area contributed by atoms with Crippen LogP contribution in [0.4, 0.5) is 0 Å². The third kappa shape index (κ3) is 3.18. The Morgan fingerprint density at radius 1 is 1.45 bits per heavy atom. The zero-order valence-corrected chi connectivity index (χ0v) is 13.2. The van der Waals surface area contributed by atoms with Gasteiger partial charge in [0.25, 0.3) is 5.91 Å². The molecule has 0 bridgehead atoms. The molecule has 3 heterocycles. The van der Waals surface area contributed by atoms with E-state index in [1.165, 1.54) is 12.0 Å². The van der Waals surface area contributed by atoms with E-state index in [-0.39, 0.29) is 5.91 Å². The van der Waals surface area contributed by atoms with Gasteiger partial charge in [0.1, 0.15) is 0 Å². The third-order valence-corrected chi connectivity index (χ3v) is 4.30. The Bertz CT molecular complexity index is 650. The molecule has 5 heteroatoms. The van der Waals surface area contributed by atoms with Crippen molar-refractivity contribution >= 4 is 5.91 Å². The van der Waals surface area contributed by atoms with Crippen LogP contribution in [0.25, 0.3) is 0 Å². The van der Waals surface area contributed by atoms with E-state index in [1.54, 1.807) is 10.9 Å². The highest BCUT2D eigenvalue weighted by Gasteiger charge is 2.26. The molecule has 1 saturated heterocycles. The normalized spacial score (nSPS) is 18.5. The van der Waals surface area contributed by atoms with Gasteiger partial charge < -0.3 is 4.90 Å². The van der Waals surface area contributed by atoms with Gasteiger partial charge in [0.2, 0.25) is 0 Å². The van der Waals surface area contributed by atoms with E-state index in [4.69, 9.17) is 0 Å². The van der Waals surface area contributed by atoms with Crippen molar-refractivity contribution in [3.05, 3.63) is 47.5 Å². The number of aryl methyl sites for hydroxylation is 2. The fraction of sp³-hybridized carbons (Fsp3) is 0.471. The van der Waals surface area contributed by atoms with Crippen molar-refractivity contribution in [2.75, 3.05) is 13.1 Å². The maximum Gasteiger partial charge on any atom is 0.257 e. The molecule has 1 atom stereocenters. The molecule has 5 nitrogen and oxygen atoms in total. The molecular formula is C17H22N4O. The number of pyridine rings is 1. The van der Waals surface area contributed by atoms with Crippen molar-refractivity contribution in [3.8, 4) is 0 Å². The van der Waals surface area contributed by atoms with Crippen LogP contribution in [-0.2, 0) is 13.5 Å². The second kappa shape index (κ2) is 6.30. The minimum Gasteiger partial charge on any atom is -0.338 e. The number of piperidine rings is 1. The predicted molar refractivity (Wildman–Crippen MR) is 84.5 cm³/mol. The first kappa shape index (κ1) is 14.8. The summed E-state index contributed by atoms with van der Waals surface area (Å²) in [5.74, 6) is 0.625. The number of rotatable bonds is 3. The second-order valence-electron chi connectivity index (χ2n) is 6.13. The van der Waals surface area contributed by atoms with E-state index in [0.29, 0.717) is 5.92 Å². The van der Waals surface area contributed by atoms with E-state index >= 15 is 0 Å². The molecule has 2 aromatic heterocycles. The first-order valence-electron chi connectivity index (χ1n) is 7.82. The Balaban J connectivity index is 1.68. The monoisotopic (exact) mass is 298 g/mol. The van der Waals surface area contributed by atoms with Crippen LogP contribution in [0.15, 0.2) is 30.7 Å². The molecule has 0 saturated carbocycles. The molecule has 0 aliphatic carbocycles. The molecule has 2 aromatic rings. The molecular weight excluding hydrogens is 276 g/mol. The largest absolute Gasteiger partial charge is 0.338 e. The Labute approximate surface area is 131 Å². The van der Waals surface area contributed by atoms with Gasteiger partial charge in [-0.1, -0.05) is 6.07 Å². The molecule has 0 aromatic carbocycles. The zero-order chi connectivity index (χ0) is 15.5. The average Bonchev–Trinajstić information content (AvgIpc) is 2.86. The van der Waals surface area contributed by atoms with Crippen LogP contribution < -0.4 is 0 Å². The van der Waals surface area contributed by atoms with Gasteiger partial charge in [-0.25, -0.2) is 0 Å². The summed E-state index contributed by atoms with van der Waals surface area (Å²) in [4.78, 5) is 18.8. The van der Waals surface area contributed by atoms with Gasteiger partial charge in [-0.15, -0.1) is 0 Å². The number of carbonyl (C=O) groups excluding carboxylic acids is 1. The third-order valence-electron chi connectivity index (χ3n) is 4.30. The number of carbonyl (C=O) groups is 1. The quantitative estimate of drug-likeness (QED) is 0.873. The van der Waals surface area contributed by atoms with Crippen LogP contribution in [0.5, 0.6) is 0 Å². The number of hydrogen-bond acceptors (Lipinski definition) is 3. The van der Waals surface area contributed by atoms with Gasteiger partial charge in [-0.3, -0.25) is 14.5 Å². The Kier molecular flexibility index (Phi) is 4.22. The van der Waals surface area contributed by atoms with Gasteiger partial charge in [0.05, 0.1) is 11.3 Å². The lowest BCUT2D eigenvalue weighted by Crippen LogP contribution is -2.40. The van der Waals surface area contributed by atoms with Gasteiger partial charge in [-0.2, -0.15) is 5.10 Å². The molecule has 1 fully saturated rings. The molecule has 1 amide bonds. The first-order valence-corrected chi connectivity index (χ1v) is 7.82. The lowest BCUT2D eigenvalue weighted by molar-refractivity contribution is 0.0672. The molecule has 0 N–H and O–H groups in total. The topological polar surface area (TPSA) is 51.0 Å². The van der Waals surface area contributed by atoms with Crippen LogP contribution >= 0.6 is 0 Å². The molecule has 0 radical (unpaired) electrons. The standard InChI is InChI=1S/C17H22N4O/c1-13-16(12-20(2)19-13)17(22)21-8-4-6-15(11-21)9-14-5-3-7-18-10-14/h3,5,7,10,12,15H,4,6,8-9,11H2,1-2H3/t15-/m1/s1. The van der Waals surface area contributed by atoms with Gasteiger partial charge in [-0.05, 0) is 43.7 Å². The van der Waals surface area contributed by atoms with E-state index < -0.39 is 0 Å². The summed E-state index contributed by atoms with van der Waals surface area (Å²) in [5.41, 5.74) is 2.78. The Morgan fingerprint density at radius 3 is 3.00 bits per heavy atom. The summed E-state index contributed by atoms with van der Waals surface area (Å²) in [6.07, 6.45) is 8.77. The summed E-state index contributed by atoms with van der Waals surface area (Å²) in [6.45, 7) is 3.56. The van der Waals surface area contributed by atoms with Crippen molar-refractivity contribution in [1.29, 1.82) is 0 Å². The summed E-state index contributed by atoms with van der Waals surface area (Å²) >= 11 is 0. The fourth-order valence-corrected chi connectivity index (χ4v) is 3.25. The van der Waals surface area contributed by atoms with E-state index in [9.17, 15) is 4.79 Å². The van der Waals surface area contributed by atoms with Crippen molar-refractivity contribution in [1.82, 2.24) is 19.7 Å². The molecule has 116 valence electrons. The molecule has 1 aliphatic heterocycles. The minimum atomic E-state index is 0.112. The molecule has 0 unspecified atom stereocenters. The average molecular weight is 298 g/mol. The van der Waals surface area contributed by atoms with Crippen LogP contribution in [0.3, 0.4) is 0 Å². The van der Waals surface area contributed by atoms with Gasteiger partial charge >= 0.3 is 0 Å². The molecule has 0 spiro atoms. The van der Waals surface area contributed by atoms with Crippen LogP contribution in [-0.4, -0.2) is 38.7 Å². The lowest BCUT2D eigenvalue weighted by atomic mass is 9.91. The Hall–Kier alpha value is -2.17. The van der Waals surface area contributed by atoms with Crippen molar-refractivity contribution < 1.29 is 4.79 Å². The Morgan fingerprint density at radius 2 is 2.32 bits per heavy atom. The van der Waals surface area contributed by atoms with Crippen molar-refractivity contribution in [3.63, 3.8) is 0 Å². The summed E-state index contributed by atoms with van der Waals surface area (Å²) in [5, 5.41) is 4.27. The van der Waals surface area contributed by atoms with Crippen LogP contribution in [0, 0.1) is 12.8 Å². The van der Waals surface area contributed by atoms with Gasteiger partial charge in [0, 0.05) is 38.7 Å². The van der Waals surface area contributed by atoms with Crippen LogP contribution in [0.1, 0.15) is 34.5 Å². The van der Waals surface area contributed by atoms with Crippen molar-refractivity contribution in [2.24, 2.45) is 13.0 Å². The number of aromatic nitrogens is 3. The maximum atomic E-state index is 12.7. The highest BCUT2D eigenvalue weighted by molar-refractivity contribution is 5.95. The van der Waals surface area contributed by atoms with Crippen molar-refractivity contribution in [2.45, 2.75) is 26.2 Å². The highest BCUT2D eigenvalue weighted by Crippen LogP contribution is 2.22. The summed E-state index contributed by atoms with van der Waals surface area (Å²) in [7, 11) is 1.85. The minimum absolute atomic E-state index is 0.112. The highest BCUT2D eigenvalue weighted by atomic mass is 16.2. The van der Waals surface area contributed by atoms with Crippen LogP contribution in [0.2, 0.25) is 0 Å². The molecule has 22 heavy (non-hydrogen) atoms. The van der Waals surface area contributed by atoms with E-state index in [2.05, 4.69) is 16.1 Å². The van der Waals surface area contributed by atoms with E-state index in [0.717, 1.165) is 37.2 Å². The number of amides is 1. The smallest absolute Gasteiger partial charge is 0.257 e. The fourth-order valence-electron chi connectivity index (χ4n) is 3.25. The van der Waals surface area contributed by atoms with Gasteiger partial charge in [0.15, 0.2) is 0 Å². The number of likely N-dealkylation sites (tertiary alicyclic amines) is 1. The summed E-state index contributed by atoms with van der Waals surface area (Å²) in [6, 6.07) is 4.08. The SMILES string of the molecule is Cc1nn(C)cc1C(=O)N1CCC[C@H](Cc2cccnc2)C1. The predicted octanol–water partition coefficient (Wildman–Crippen LogP) is 2.22. The zero-order valence-electron chi connectivity index (χ0n) is 13.2. The first-order chi connectivity index (χ1) is 10.6. The molecule has 3 rings (SSSR count). The number of nitrogens with zero attached hydrogens (tertiary/aromatic N) is 4. The van der Waals surface area contributed by atoms with E-state index in [1.807, 2.05) is 37.3 Å². The lowest BCUT2D eigenvalue weighted by Gasteiger charge is -2.32.